The molecule has 1 heterocycles. The van der Waals surface area contributed by atoms with Crippen LogP contribution in [0.25, 0.3) is 0 Å². The molecule has 194 valence electrons. The lowest BCUT2D eigenvalue weighted by Crippen LogP contribution is -2.38. The average Bonchev–Trinajstić information content (AvgIpc) is 3.33. The van der Waals surface area contributed by atoms with Crippen molar-refractivity contribution in [3.63, 3.8) is 0 Å². The summed E-state index contributed by atoms with van der Waals surface area (Å²) in [4.78, 5) is 26.8. The Morgan fingerprint density at radius 3 is 2.24 bits per heavy atom. The zero-order valence-electron chi connectivity index (χ0n) is 20.9. The predicted molar refractivity (Wildman–Crippen MR) is 142 cm³/mol. The van der Waals surface area contributed by atoms with E-state index in [1.807, 2.05) is 6.92 Å². The summed E-state index contributed by atoms with van der Waals surface area (Å²) in [7, 11) is -1.16. The maximum absolute atomic E-state index is 13.6. The molecule has 3 aromatic carbocycles. The van der Waals surface area contributed by atoms with Gasteiger partial charge in [-0.3, -0.25) is 13.9 Å². The van der Waals surface area contributed by atoms with Crippen molar-refractivity contribution >= 4 is 38.9 Å². The van der Waals surface area contributed by atoms with Gasteiger partial charge >= 0.3 is 0 Å². The van der Waals surface area contributed by atoms with Gasteiger partial charge < -0.3 is 19.7 Å². The van der Waals surface area contributed by atoms with Crippen LogP contribution in [0, 0.1) is 6.92 Å². The van der Waals surface area contributed by atoms with Gasteiger partial charge in [0.15, 0.2) is 11.5 Å². The Labute approximate surface area is 216 Å². The molecule has 37 heavy (non-hydrogen) atoms. The number of benzene rings is 3. The first-order valence-electron chi connectivity index (χ1n) is 11.7. The molecule has 10 heteroatoms. The molecular formula is C27H29N3O6S. The van der Waals surface area contributed by atoms with E-state index in [9.17, 15) is 18.0 Å². The molecule has 0 spiro atoms. The van der Waals surface area contributed by atoms with Gasteiger partial charge in [0.2, 0.25) is 11.8 Å². The van der Waals surface area contributed by atoms with E-state index in [0.29, 0.717) is 30.2 Å². The minimum atomic E-state index is -4.09. The summed E-state index contributed by atoms with van der Waals surface area (Å²) in [6.07, 6.45) is 1.35. The first kappa shape index (κ1) is 26.0. The lowest BCUT2D eigenvalue weighted by Gasteiger charge is -2.25. The minimum absolute atomic E-state index is 0.0559. The van der Waals surface area contributed by atoms with Crippen molar-refractivity contribution in [3.8, 4) is 11.5 Å². The van der Waals surface area contributed by atoms with Crippen molar-refractivity contribution in [2.45, 2.75) is 24.7 Å². The molecule has 0 aromatic heterocycles. The standard InChI is InChI=1S/C27H29N3O6S/c1-19-6-13-23(14-7-19)37(33,34)30(22-12-15-24(35-2)25(17-22)36-3)18-26(31)28-20-8-10-21(11-9-20)29-16-4-5-27(29)32/h6-15,17H,4-5,16,18H2,1-3H3,(H,28,31). The number of carbonyl (C=O) groups is 2. The molecule has 1 aliphatic heterocycles. The van der Waals surface area contributed by atoms with E-state index in [1.54, 1.807) is 53.4 Å². The Kier molecular flexibility index (Phi) is 7.68. The van der Waals surface area contributed by atoms with Gasteiger partial charge in [0, 0.05) is 30.4 Å². The third-order valence-corrected chi connectivity index (χ3v) is 7.88. The van der Waals surface area contributed by atoms with Gasteiger partial charge in [0.25, 0.3) is 10.0 Å². The third kappa shape index (κ3) is 5.69. The van der Waals surface area contributed by atoms with Gasteiger partial charge in [-0.15, -0.1) is 0 Å². The molecule has 1 fully saturated rings. The van der Waals surface area contributed by atoms with Gasteiger partial charge in [-0.25, -0.2) is 8.42 Å². The Hall–Kier alpha value is -4.05. The molecule has 1 N–H and O–H groups in total. The monoisotopic (exact) mass is 523 g/mol. The summed E-state index contributed by atoms with van der Waals surface area (Å²) in [6.45, 7) is 2.06. The van der Waals surface area contributed by atoms with Crippen LogP contribution in [0.1, 0.15) is 18.4 Å². The first-order chi connectivity index (χ1) is 17.7. The molecule has 0 bridgehead atoms. The quantitative estimate of drug-likeness (QED) is 0.455. The van der Waals surface area contributed by atoms with E-state index in [1.165, 1.54) is 32.4 Å². The van der Waals surface area contributed by atoms with Gasteiger partial charge in [0.1, 0.15) is 6.54 Å². The predicted octanol–water partition coefficient (Wildman–Crippen LogP) is 3.97. The molecule has 0 atom stereocenters. The molecule has 0 radical (unpaired) electrons. The molecule has 0 aliphatic carbocycles. The van der Waals surface area contributed by atoms with E-state index in [2.05, 4.69) is 5.32 Å². The summed E-state index contributed by atoms with van der Waals surface area (Å²) >= 11 is 0. The largest absolute Gasteiger partial charge is 0.493 e. The molecule has 3 aromatic rings. The van der Waals surface area contributed by atoms with E-state index in [-0.39, 0.29) is 16.5 Å². The molecular weight excluding hydrogens is 494 g/mol. The summed E-state index contributed by atoms with van der Waals surface area (Å²) in [6, 6.07) is 18.0. The number of nitrogens with one attached hydrogen (secondary N) is 1. The van der Waals surface area contributed by atoms with Gasteiger partial charge in [-0.1, -0.05) is 17.7 Å². The van der Waals surface area contributed by atoms with E-state index in [4.69, 9.17) is 9.47 Å². The SMILES string of the molecule is COc1ccc(N(CC(=O)Nc2ccc(N3CCCC3=O)cc2)S(=O)(=O)c2ccc(C)cc2)cc1OC. The normalized spacial score (nSPS) is 13.4. The number of carbonyl (C=O) groups excluding carboxylic acids is 2. The third-order valence-electron chi connectivity index (χ3n) is 6.09. The number of amides is 2. The Balaban J connectivity index is 1.61. The smallest absolute Gasteiger partial charge is 0.264 e. The maximum atomic E-state index is 13.6. The van der Waals surface area contributed by atoms with Crippen molar-refractivity contribution < 1.29 is 27.5 Å². The Morgan fingerprint density at radius 2 is 1.65 bits per heavy atom. The van der Waals surface area contributed by atoms with Crippen molar-refractivity contribution in [2.24, 2.45) is 0 Å². The summed E-state index contributed by atoms with van der Waals surface area (Å²) < 4.78 is 38.9. The molecule has 2 amide bonds. The average molecular weight is 524 g/mol. The fourth-order valence-corrected chi connectivity index (χ4v) is 5.52. The van der Waals surface area contributed by atoms with E-state index < -0.39 is 22.5 Å². The second-order valence-corrected chi connectivity index (χ2v) is 10.5. The molecule has 0 unspecified atom stereocenters. The molecule has 1 saturated heterocycles. The number of methoxy groups -OCH3 is 2. The van der Waals surface area contributed by atoms with Crippen LogP contribution in [0.2, 0.25) is 0 Å². The van der Waals surface area contributed by atoms with Crippen LogP contribution in [-0.2, 0) is 19.6 Å². The van der Waals surface area contributed by atoms with Crippen LogP contribution in [0.5, 0.6) is 11.5 Å². The van der Waals surface area contributed by atoms with E-state index >= 15 is 0 Å². The topological polar surface area (TPSA) is 105 Å². The number of sulfonamides is 1. The number of hydrogen-bond donors (Lipinski definition) is 1. The molecule has 9 nitrogen and oxygen atoms in total. The van der Waals surface area contributed by atoms with Crippen molar-refractivity contribution in [1.82, 2.24) is 0 Å². The molecule has 1 aliphatic rings. The molecule has 0 saturated carbocycles. The lowest BCUT2D eigenvalue weighted by molar-refractivity contribution is -0.117. The second kappa shape index (κ2) is 10.9. The summed E-state index contributed by atoms with van der Waals surface area (Å²) in [5, 5.41) is 2.75. The Morgan fingerprint density at radius 1 is 0.973 bits per heavy atom. The summed E-state index contributed by atoms with van der Waals surface area (Å²) in [5.41, 5.74) is 2.40. The highest BCUT2D eigenvalue weighted by Crippen LogP contribution is 2.34. The van der Waals surface area contributed by atoms with E-state index in [0.717, 1.165) is 22.0 Å². The van der Waals surface area contributed by atoms with Crippen LogP contribution in [-0.4, -0.2) is 47.5 Å². The highest BCUT2D eigenvalue weighted by Gasteiger charge is 2.28. The van der Waals surface area contributed by atoms with Crippen molar-refractivity contribution in [1.29, 1.82) is 0 Å². The zero-order chi connectivity index (χ0) is 26.6. The number of ether oxygens (including phenoxy) is 2. The lowest BCUT2D eigenvalue weighted by atomic mass is 10.2. The molecule has 4 rings (SSSR count). The highest BCUT2D eigenvalue weighted by molar-refractivity contribution is 7.92. The first-order valence-corrected chi connectivity index (χ1v) is 13.2. The summed E-state index contributed by atoms with van der Waals surface area (Å²) in [5.74, 6) is 0.302. The zero-order valence-corrected chi connectivity index (χ0v) is 21.7. The van der Waals surface area contributed by atoms with Crippen molar-refractivity contribution in [2.75, 3.05) is 41.8 Å². The van der Waals surface area contributed by atoms with Crippen LogP contribution in [0.3, 0.4) is 0 Å². The number of aryl methyl sites for hydroxylation is 1. The Bertz CT molecular complexity index is 1390. The van der Waals surface area contributed by atoms with Crippen LogP contribution in [0.4, 0.5) is 17.1 Å². The van der Waals surface area contributed by atoms with Crippen molar-refractivity contribution in [3.05, 3.63) is 72.3 Å². The minimum Gasteiger partial charge on any atom is -0.493 e. The number of nitrogens with zero attached hydrogens (tertiary/aromatic N) is 2. The van der Waals surface area contributed by atoms with Gasteiger partial charge in [-0.2, -0.15) is 0 Å². The maximum Gasteiger partial charge on any atom is 0.264 e. The van der Waals surface area contributed by atoms with Gasteiger partial charge in [-0.05, 0) is 61.9 Å². The van der Waals surface area contributed by atoms with Crippen LogP contribution >= 0.6 is 0 Å². The fourth-order valence-electron chi connectivity index (χ4n) is 4.11. The number of anilines is 3. The highest BCUT2D eigenvalue weighted by atomic mass is 32.2. The number of rotatable bonds is 9. The fraction of sp³-hybridized carbons (Fsp3) is 0.259. The number of hydrogen-bond acceptors (Lipinski definition) is 6. The van der Waals surface area contributed by atoms with Crippen LogP contribution < -0.4 is 24.0 Å². The second-order valence-electron chi connectivity index (χ2n) is 8.61. The van der Waals surface area contributed by atoms with Crippen LogP contribution in [0.15, 0.2) is 71.6 Å². The van der Waals surface area contributed by atoms with Gasteiger partial charge in [0.05, 0.1) is 24.8 Å².